The van der Waals surface area contributed by atoms with Crippen LogP contribution in [-0.4, -0.2) is 19.5 Å². The second kappa shape index (κ2) is 14.3. The third-order valence-corrected chi connectivity index (χ3v) is 13.4. The standard InChI is InChI=1S/C61H36N4O/c1-3-12-37(13-4-1)39-22-26-41(27-23-39)59-62-60(42-28-24-40(25-29-42)38-14-5-2-6-15-38)64-61(63-59)65-53-21-10-9-18-47(53)50-34-43(30-32-54(50)65)44-31-33-55-52(35-44)58-49-20-11-19-48-45-16-7-8-17-46(45)51(57(48)49)36-56(58)66-55/h1-36H. The van der Waals surface area contributed by atoms with E-state index < -0.39 is 0 Å². The molecule has 1 aliphatic rings. The molecule has 0 amide bonds. The summed E-state index contributed by atoms with van der Waals surface area (Å²) in [6, 6.07) is 77.3. The highest BCUT2D eigenvalue weighted by Crippen LogP contribution is 2.51. The van der Waals surface area contributed by atoms with Crippen molar-refractivity contribution in [3.8, 4) is 84.4 Å². The summed E-state index contributed by atoms with van der Waals surface area (Å²) < 4.78 is 8.81. The van der Waals surface area contributed by atoms with Crippen molar-refractivity contribution >= 4 is 54.5 Å². The number of rotatable bonds is 6. The van der Waals surface area contributed by atoms with E-state index in [0.29, 0.717) is 17.6 Å². The molecule has 66 heavy (non-hydrogen) atoms. The monoisotopic (exact) mass is 840 g/mol. The first kappa shape index (κ1) is 36.5. The third-order valence-electron chi connectivity index (χ3n) is 13.4. The summed E-state index contributed by atoms with van der Waals surface area (Å²) in [6.07, 6.45) is 0. The second-order valence-corrected chi connectivity index (χ2v) is 17.1. The van der Waals surface area contributed by atoms with Gasteiger partial charge in [-0.15, -0.1) is 0 Å². The van der Waals surface area contributed by atoms with Crippen LogP contribution in [0.5, 0.6) is 0 Å². The maximum absolute atomic E-state index is 6.63. The van der Waals surface area contributed by atoms with Crippen LogP contribution in [0.1, 0.15) is 0 Å². The highest BCUT2D eigenvalue weighted by atomic mass is 16.3. The van der Waals surface area contributed by atoms with Gasteiger partial charge in [-0.05, 0) is 103 Å². The van der Waals surface area contributed by atoms with Crippen LogP contribution < -0.4 is 0 Å². The van der Waals surface area contributed by atoms with Gasteiger partial charge in [0.2, 0.25) is 5.95 Å². The fourth-order valence-corrected chi connectivity index (χ4v) is 10.3. The zero-order valence-corrected chi connectivity index (χ0v) is 35.5. The lowest BCUT2D eigenvalue weighted by molar-refractivity contribution is 0.669. The molecule has 14 rings (SSSR count). The largest absolute Gasteiger partial charge is 0.456 e. The summed E-state index contributed by atoms with van der Waals surface area (Å²) in [6.45, 7) is 0. The van der Waals surface area contributed by atoms with Crippen LogP contribution in [0.25, 0.3) is 139 Å². The lowest BCUT2D eigenvalue weighted by Crippen LogP contribution is -2.06. The van der Waals surface area contributed by atoms with Crippen LogP contribution >= 0.6 is 0 Å². The van der Waals surface area contributed by atoms with Gasteiger partial charge in [0.1, 0.15) is 11.2 Å². The Balaban J connectivity index is 0.920. The Bertz CT molecular complexity index is 3970. The van der Waals surface area contributed by atoms with E-state index in [1.807, 2.05) is 12.1 Å². The van der Waals surface area contributed by atoms with Gasteiger partial charge in [0.15, 0.2) is 11.6 Å². The molecule has 0 fully saturated rings. The second-order valence-electron chi connectivity index (χ2n) is 17.1. The molecule has 5 nitrogen and oxygen atoms in total. The number of furan rings is 1. The summed E-state index contributed by atoms with van der Waals surface area (Å²) >= 11 is 0. The van der Waals surface area contributed by atoms with Crippen LogP contribution in [0.3, 0.4) is 0 Å². The lowest BCUT2D eigenvalue weighted by atomic mass is 9.96. The number of fused-ring (bicyclic) bond motifs is 10. The van der Waals surface area contributed by atoms with Crippen molar-refractivity contribution < 1.29 is 4.42 Å². The molecule has 0 spiro atoms. The van der Waals surface area contributed by atoms with E-state index in [2.05, 4.69) is 211 Å². The van der Waals surface area contributed by atoms with E-state index in [9.17, 15) is 0 Å². The minimum atomic E-state index is 0.560. The smallest absolute Gasteiger partial charge is 0.238 e. The lowest BCUT2D eigenvalue weighted by Gasteiger charge is -2.12. The maximum Gasteiger partial charge on any atom is 0.238 e. The van der Waals surface area contributed by atoms with Gasteiger partial charge in [0, 0.05) is 32.7 Å². The number of hydrogen-bond donors (Lipinski definition) is 0. The Morgan fingerprint density at radius 3 is 1.47 bits per heavy atom. The van der Waals surface area contributed by atoms with Crippen molar-refractivity contribution in [2.24, 2.45) is 0 Å². The molecule has 0 saturated heterocycles. The van der Waals surface area contributed by atoms with E-state index in [4.69, 9.17) is 19.4 Å². The Labute approximate surface area is 379 Å². The van der Waals surface area contributed by atoms with Gasteiger partial charge < -0.3 is 4.42 Å². The van der Waals surface area contributed by atoms with E-state index in [-0.39, 0.29) is 0 Å². The van der Waals surface area contributed by atoms with Crippen LogP contribution in [0.15, 0.2) is 223 Å². The SMILES string of the molecule is c1ccc(-c2ccc(-c3nc(-c4ccc(-c5ccccc5)cc4)nc(-n4c5ccccc5c5cc(-c6ccc7oc8cc9c%10c(cccc%10c8c7c6)-c6ccccc6-9)ccc54)n3)cc2)cc1. The predicted octanol–water partition coefficient (Wildman–Crippen LogP) is 16.0. The summed E-state index contributed by atoms with van der Waals surface area (Å²) in [5.74, 6) is 1.77. The van der Waals surface area contributed by atoms with Crippen molar-refractivity contribution in [1.82, 2.24) is 19.5 Å². The minimum Gasteiger partial charge on any atom is -0.456 e. The highest BCUT2D eigenvalue weighted by Gasteiger charge is 2.25. The van der Waals surface area contributed by atoms with Crippen molar-refractivity contribution in [2.45, 2.75) is 0 Å². The quantitative estimate of drug-likeness (QED) is 0.167. The van der Waals surface area contributed by atoms with Gasteiger partial charge in [-0.3, -0.25) is 4.57 Å². The van der Waals surface area contributed by atoms with E-state index >= 15 is 0 Å². The first-order chi connectivity index (χ1) is 32.7. The number of hydrogen-bond acceptors (Lipinski definition) is 4. The van der Waals surface area contributed by atoms with Crippen molar-refractivity contribution in [3.63, 3.8) is 0 Å². The first-order valence-electron chi connectivity index (χ1n) is 22.3. The number of para-hydroxylation sites is 1. The van der Waals surface area contributed by atoms with Crippen molar-refractivity contribution in [2.75, 3.05) is 0 Å². The summed E-state index contributed by atoms with van der Waals surface area (Å²) in [5.41, 5.74) is 17.6. The average Bonchev–Trinajstić information content (AvgIpc) is 4.05. The van der Waals surface area contributed by atoms with Gasteiger partial charge >= 0.3 is 0 Å². The van der Waals surface area contributed by atoms with E-state index in [0.717, 1.165) is 88.3 Å². The molecule has 0 bridgehead atoms. The van der Waals surface area contributed by atoms with Gasteiger partial charge in [-0.2, -0.15) is 9.97 Å². The Kier molecular flexibility index (Phi) is 7.91. The molecule has 306 valence electrons. The summed E-state index contributed by atoms with van der Waals surface area (Å²) in [7, 11) is 0. The van der Waals surface area contributed by atoms with Crippen LogP contribution in [0, 0.1) is 0 Å². The minimum absolute atomic E-state index is 0.560. The molecule has 0 N–H and O–H groups in total. The summed E-state index contributed by atoms with van der Waals surface area (Å²) in [5, 5.41) is 7.03. The zero-order chi connectivity index (χ0) is 43.3. The van der Waals surface area contributed by atoms with Gasteiger partial charge in [0.05, 0.1) is 11.0 Å². The van der Waals surface area contributed by atoms with Crippen LogP contribution in [0.2, 0.25) is 0 Å². The molecule has 3 heterocycles. The molecule has 0 unspecified atom stereocenters. The topological polar surface area (TPSA) is 56.7 Å². The number of nitrogens with zero attached hydrogens (tertiary/aromatic N) is 4. The predicted molar refractivity (Wildman–Crippen MR) is 271 cm³/mol. The molecule has 0 radical (unpaired) electrons. The Hall–Kier alpha value is -8.93. The first-order valence-corrected chi connectivity index (χ1v) is 22.3. The fraction of sp³-hybridized carbons (Fsp3) is 0. The van der Waals surface area contributed by atoms with Crippen LogP contribution in [0.4, 0.5) is 0 Å². The van der Waals surface area contributed by atoms with Crippen molar-refractivity contribution in [1.29, 1.82) is 0 Å². The Morgan fingerprint density at radius 2 is 0.788 bits per heavy atom. The molecule has 3 aromatic heterocycles. The van der Waals surface area contributed by atoms with Gasteiger partial charge in [-0.25, -0.2) is 4.98 Å². The van der Waals surface area contributed by atoms with Gasteiger partial charge in [-0.1, -0.05) is 182 Å². The average molecular weight is 841 g/mol. The van der Waals surface area contributed by atoms with Crippen molar-refractivity contribution in [3.05, 3.63) is 218 Å². The zero-order valence-electron chi connectivity index (χ0n) is 35.5. The van der Waals surface area contributed by atoms with Crippen LogP contribution in [-0.2, 0) is 0 Å². The molecule has 10 aromatic carbocycles. The normalized spacial score (nSPS) is 11.9. The molecule has 13 aromatic rings. The molecule has 0 aliphatic heterocycles. The molecular formula is C61H36N4O. The molecule has 1 aliphatic carbocycles. The van der Waals surface area contributed by atoms with E-state index in [1.54, 1.807) is 0 Å². The number of aromatic nitrogens is 4. The highest BCUT2D eigenvalue weighted by molar-refractivity contribution is 6.28. The molecule has 0 saturated carbocycles. The Morgan fingerprint density at radius 1 is 0.288 bits per heavy atom. The maximum atomic E-state index is 6.63. The molecular weight excluding hydrogens is 805 g/mol. The van der Waals surface area contributed by atoms with Gasteiger partial charge in [0.25, 0.3) is 0 Å². The third kappa shape index (κ3) is 5.63. The summed E-state index contributed by atoms with van der Waals surface area (Å²) in [4.78, 5) is 15.7. The number of benzene rings is 10. The van der Waals surface area contributed by atoms with E-state index in [1.165, 1.54) is 33.0 Å². The molecule has 5 heteroatoms. The molecule has 0 atom stereocenters. The fourth-order valence-electron chi connectivity index (χ4n) is 10.3.